The quantitative estimate of drug-likeness (QED) is 0.895. The summed E-state index contributed by atoms with van der Waals surface area (Å²) in [6.07, 6.45) is 3.46. The third-order valence-corrected chi connectivity index (χ3v) is 2.96. The number of rotatable bonds is 4. The highest BCUT2D eigenvalue weighted by molar-refractivity contribution is 5.80. The van der Waals surface area contributed by atoms with Gasteiger partial charge < -0.3 is 5.32 Å². The summed E-state index contributed by atoms with van der Waals surface area (Å²) in [6.45, 7) is 3.81. The van der Waals surface area contributed by atoms with Gasteiger partial charge in [-0.1, -0.05) is 30.3 Å². The minimum Gasteiger partial charge on any atom is -0.348 e. The van der Waals surface area contributed by atoms with Crippen molar-refractivity contribution in [3.8, 4) is 0 Å². The van der Waals surface area contributed by atoms with E-state index in [0.29, 0.717) is 0 Å². The van der Waals surface area contributed by atoms with Crippen molar-refractivity contribution in [2.24, 2.45) is 0 Å². The fourth-order valence-electron chi connectivity index (χ4n) is 1.79. The minimum atomic E-state index is -0.300. The molecule has 1 N–H and O–H groups in total. The molecule has 1 amide bonds. The van der Waals surface area contributed by atoms with E-state index in [1.807, 2.05) is 50.2 Å². The number of hydrogen-bond donors (Lipinski definition) is 1. The Morgan fingerprint density at radius 1 is 1.22 bits per heavy atom. The van der Waals surface area contributed by atoms with Crippen molar-refractivity contribution in [3.63, 3.8) is 0 Å². The van der Waals surface area contributed by atoms with Gasteiger partial charge in [0.25, 0.3) is 0 Å². The highest BCUT2D eigenvalue weighted by Crippen LogP contribution is 2.13. The molecule has 1 aromatic carbocycles. The van der Waals surface area contributed by atoms with Crippen molar-refractivity contribution in [2.75, 3.05) is 0 Å². The van der Waals surface area contributed by atoms with E-state index >= 15 is 0 Å². The Kier molecular flexibility index (Phi) is 3.77. The summed E-state index contributed by atoms with van der Waals surface area (Å²) in [5.74, 6) is -0.0324. The number of aromatic nitrogens is 2. The van der Waals surface area contributed by atoms with Gasteiger partial charge in [0, 0.05) is 12.4 Å². The molecule has 0 aliphatic heterocycles. The molecule has 0 aliphatic rings. The second-order valence-corrected chi connectivity index (χ2v) is 4.30. The molecule has 2 unspecified atom stereocenters. The van der Waals surface area contributed by atoms with Crippen LogP contribution in [-0.4, -0.2) is 15.7 Å². The average Bonchev–Trinajstić information content (AvgIpc) is 2.92. The van der Waals surface area contributed by atoms with Crippen LogP contribution in [0.2, 0.25) is 0 Å². The lowest BCUT2D eigenvalue weighted by molar-refractivity contribution is -0.124. The smallest absolute Gasteiger partial charge is 0.245 e. The normalized spacial score (nSPS) is 13.9. The van der Waals surface area contributed by atoms with Crippen LogP contribution in [0.3, 0.4) is 0 Å². The van der Waals surface area contributed by atoms with Crippen molar-refractivity contribution in [2.45, 2.75) is 25.9 Å². The van der Waals surface area contributed by atoms with E-state index in [9.17, 15) is 4.79 Å². The first-order valence-corrected chi connectivity index (χ1v) is 6.03. The van der Waals surface area contributed by atoms with Crippen LogP contribution in [0.5, 0.6) is 0 Å². The highest BCUT2D eigenvalue weighted by atomic mass is 16.2. The Balaban J connectivity index is 1.99. The molecule has 0 radical (unpaired) electrons. The molecule has 2 rings (SSSR count). The van der Waals surface area contributed by atoms with E-state index in [-0.39, 0.29) is 18.0 Å². The van der Waals surface area contributed by atoms with Crippen LogP contribution >= 0.6 is 0 Å². The predicted molar refractivity (Wildman–Crippen MR) is 69.9 cm³/mol. The molecule has 1 aromatic heterocycles. The SMILES string of the molecule is CC(NC(=O)C(C)n1cccn1)c1ccccc1. The Labute approximate surface area is 107 Å². The van der Waals surface area contributed by atoms with E-state index in [2.05, 4.69) is 10.4 Å². The first-order valence-electron chi connectivity index (χ1n) is 6.03. The van der Waals surface area contributed by atoms with Crippen LogP contribution in [-0.2, 0) is 4.79 Å². The molecule has 0 spiro atoms. The monoisotopic (exact) mass is 243 g/mol. The molecule has 0 saturated heterocycles. The number of amides is 1. The standard InChI is InChI=1S/C14H17N3O/c1-11(13-7-4-3-5-8-13)16-14(18)12(2)17-10-6-9-15-17/h3-12H,1-2H3,(H,16,18). The lowest BCUT2D eigenvalue weighted by atomic mass is 10.1. The van der Waals surface area contributed by atoms with E-state index in [0.717, 1.165) is 5.56 Å². The van der Waals surface area contributed by atoms with Gasteiger partial charge in [0.1, 0.15) is 6.04 Å². The first-order chi connectivity index (χ1) is 8.68. The average molecular weight is 243 g/mol. The van der Waals surface area contributed by atoms with Crippen molar-refractivity contribution in [3.05, 3.63) is 54.4 Å². The van der Waals surface area contributed by atoms with Crippen LogP contribution in [0.1, 0.15) is 31.5 Å². The van der Waals surface area contributed by atoms with Crippen LogP contribution in [0.25, 0.3) is 0 Å². The molecule has 94 valence electrons. The third kappa shape index (κ3) is 2.77. The zero-order valence-corrected chi connectivity index (χ0v) is 10.6. The van der Waals surface area contributed by atoms with Gasteiger partial charge in [-0.15, -0.1) is 0 Å². The number of benzene rings is 1. The maximum absolute atomic E-state index is 12.1. The summed E-state index contributed by atoms with van der Waals surface area (Å²) in [6, 6.07) is 11.4. The van der Waals surface area contributed by atoms with E-state index < -0.39 is 0 Å². The highest BCUT2D eigenvalue weighted by Gasteiger charge is 2.17. The van der Waals surface area contributed by atoms with E-state index in [1.165, 1.54) is 0 Å². The number of carbonyl (C=O) groups excluding carboxylic acids is 1. The molecule has 1 heterocycles. The van der Waals surface area contributed by atoms with Gasteiger partial charge in [-0.25, -0.2) is 0 Å². The van der Waals surface area contributed by atoms with Gasteiger partial charge in [-0.2, -0.15) is 5.10 Å². The maximum atomic E-state index is 12.1. The summed E-state index contributed by atoms with van der Waals surface area (Å²) < 4.78 is 1.65. The lowest BCUT2D eigenvalue weighted by Gasteiger charge is -2.18. The lowest BCUT2D eigenvalue weighted by Crippen LogP contribution is -2.33. The topological polar surface area (TPSA) is 46.9 Å². The molecule has 0 saturated carbocycles. The molecule has 4 nitrogen and oxygen atoms in total. The van der Waals surface area contributed by atoms with Crippen molar-refractivity contribution >= 4 is 5.91 Å². The number of hydrogen-bond acceptors (Lipinski definition) is 2. The van der Waals surface area contributed by atoms with Gasteiger partial charge in [-0.3, -0.25) is 9.48 Å². The van der Waals surface area contributed by atoms with Gasteiger partial charge in [0.05, 0.1) is 6.04 Å². The van der Waals surface area contributed by atoms with Crippen LogP contribution in [0, 0.1) is 0 Å². The molecule has 18 heavy (non-hydrogen) atoms. The largest absolute Gasteiger partial charge is 0.348 e. The molecule has 2 atom stereocenters. The fourth-order valence-corrected chi connectivity index (χ4v) is 1.79. The van der Waals surface area contributed by atoms with Crippen LogP contribution in [0.15, 0.2) is 48.8 Å². The summed E-state index contributed by atoms with van der Waals surface area (Å²) in [5.41, 5.74) is 1.10. The summed E-state index contributed by atoms with van der Waals surface area (Å²) in [4.78, 5) is 12.1. The predicted octanol–water partition coefficient (Wildman–Crippen LogP) is 2.32. The summed E-state index contributed by atoms with van der Waals surface area (Å²) in [5, 5.41) is 7.06. The molecule has 2 aromatic rings. The maximum Gasteiger partial charge on any atom is 0.245 e. The van der Waals surface area contributed by atoms with Crippen LogP contribution in [0.4, 0.5) is 0 Å². The number of nitrogens with one attached hydrogen (secondary N) is 1. The Morgan fingerprint density at radius 3 is 2.56 bits per heavy atom. The van der Waals surface area contributed by atoms with Gasteiger partial charge in [-0.05, 0) is 25.5 Å². The summed E-state index contributed by atoms with van der Waals surface area (Å²) in [7, 11) is 0. The summed E-state index contributed by atoms with van der Waals surface area (Å²) >= 11 is 0. The Bertz CT molecular complexity index is 493. The van der Waals surface area contributed by atoms with Gasteiger partial charge >= 0.3 is 0 Å². The minimum absolute atomic E-state index is 0.00304. The molecule has 0 bridgehead atoms. The molecular formula is C14H17N3O. The van der Waals surface area contributed by atoms with E-state index in [4.69, 9.17) is 0 Å². The second-order valence-electron chi connectivity index (χ2n) is 4.30. The molecule has 0 aliphatic carbocycles. The van der Waals surface area contributed by atoms with Crippen molar-refractivity contribution in [1.82, 2.24) is 15.1 Å². The second kappa shape index (κ2) is 5.49. The molecule has 0 fully saturated rings. The van der Waals surface area contributed by atoms with Crippen molar-refractivity contribution < 1.29 is 4.79 Å². The van der Waals surface area contributed by atoms with Gasteiger partial charge in [0.2, 0.25) is 5.91 Å². The molecular weight excluding hydrogens is 226 g/mol. The van der Waals surface area contributed by atoms with E-state index in [1.54, 1.807) is 17.1 Å². The third-order valence-electron chi connectivity index (χ3n) is 2.96. The van der Waals surface area contributed by atoms with Crippen molar-refractivity contribution in [1.29, 1.82) is 0 Å². The van der Waals surface area contributed by atoms with Crippen LogP contribution < -0.4 is 5.32 Å². The Hall–Kier alpha value is -2.10. The first kappa shape index (κ1) is 12.4. The zero-order valence-electron chi connectivity index (χ0n) is 10.6. The zero-order chi connectivity index (χ0) is 13.0. The molecule has 4 heteroatoms. The Morgan fingerprint density at radius 2 is 1.94 bits per heavy atom. The fraction of sp³-hybridized carbons (Fsp3) is 0.286. The number of carbonyl (C=O) groups is 1. The van der Waals surface area contributed by atoms with Gasteiger partial charge in [0.15, 0.2) is 0 Å². The number of nitrogens with zero attached hydrogens (tertiary/aromatic N) is 2.